The Kier molecular flexibility index (Phi) is 7.52. The minimum atomic E-state index is 0.462. The summed E-state index contributed by atoms with van der Waals surface area (Å²) in [7, 11) is 0. The Morgan fingerprint density at radius 2 is 2.00 bits per heavy atom. The van der Waals surface area contributed by atoms with Crippen LogP contribution in [0.3, 0.4) is 0 Å². The van der Waals surface area contributed by atoms with Gasteiger partial charge >= 0.3 is 0 Å². The number of rotatable bonds is 9. The summed E-state index contributed by atoms with van der Waals surface area (Å²) in [5.74, 6) is 0.539. The summed E-state index contributed by atoms with van der Waals surface area (Å²) in [6.07, 6.45) is 6.54. The fourth-order valence-electron chi connectivity index (χ4n) is 2.06. The maximum Gasteiger partial charge on any atom is 0.110 e. The molecule has 1 aromatic heterocycles. The van der Waals surface area contributed by atoms with Gasteiger partial charge in [-0.05, 0) is 18.9 Å². The molecule has 0 radical (unpaired) electrons. The first-order valence-electron chi connectivity index (χ1n) is 7.37. The van der Waals surface area contributed by atoms with Crippen LogP contribution in [0.5, 0.6) is 0 Å². The zero-order valence-corrected chi connectivity index (χ0v) is 13.1. The lowest BCUT2D eigenvalue weighted by Crippen LogP contribution is -2.20. The average Bonchev–Trinajstić information content (AvgIpc) is 2.82. The molecule has 0 amide bonds. The van der Waals surface area contributed by atoms with Gasteiger partial charge in [-0.1, -0.05) is 53.4 Å². The van der Waals surface area contributed by atoms with E-state index in [1.54, 1.807) is 0 Å². The SMILES string of the molecule is CCCCCCC(NCC)c1nc(C(C)C)cs1. The molecule has 18 heavy (non-hydrogen) atoms. The molecule has 1 heterocycles. The maximum absolute atomic E-state index is 4.78. The summed E-state index contributed by atoms with van der Waals surface area (Å²) >= 11 is 1.82. The Labute approximate surface area is 116 Å². The number of aromatic nitrogens is 1. The third kappa shape index (κ3) is 5.07. The molecule has 1 unspecified atom stereocenters. The van der Waals surface area contributed by atoms with Crippen LogP contribution in [-0.4, -0.2) is 11.5 Å². The molecule has 0 aromatic carbocycles. The quantitative estimate of drug-likeness (QED) is 0.645. The van der Waals surface area contributed by atoms with Crippen LogP contribution in [0.2, 0.25) is 0 Å². The van der Waals surface area contributed by atoms with Crippen molar-refractivity contribution in [1.82, 2.24) is 10.3 Å². The molecule has 0 fully saturated rings. The smallest absolute Gasteiger partial charge is 0.110 e. The first-order valence-corrected chi connectivity index (χ1v) is 8.25. The number of thiazole rings is 1. The average molecular weight is 268 g/mol. The van der Waals surface area contributed by atoms with Crippen molar-refractivity contribution in [3.8, 4) is 0 Å². The van der Waals surface area contributed by atoms with Crippen molar-refractivity contribution in [1.29, 1.82) is 0 Å². The first-order chi connectivity index (χ1) is 8.69. The number of hydrogen-bond donors (Lipinski definition) is 1. The second kappa shape index (κ2) is 8.65. The second-order valence-electron chi connectivity index (χ2n) is 5.22. The van der Waals surface area contributed by atoms with Gasteiger partial charge in [0.2, 0.25) is 0 Å². The predicted molar refractivity (Wildman–Crippen MR) is 81.4 cm³/mol. The molecule has 0 aliphatic heterocycles. The molecule has 0 aliphatic carbocycles. The zero-order valence-electron chi connectivity index (χ0n) is 12.3. The van der Waals surface area contributed by atoms with Crippen LogP contribution in [0.25, 0.3) is 0 Å². The molecule has 3 heteroatoms. The highest BCUT2D eigenvalue weighted by Gasteiger charge is 2.15. The fourth-order valence-corrected chi connectivity index (χ4v) is 3.15. The Morgan fingerprint density at radius 3 is 2.56 bits per heavy atom. The van der Waals surface area contributed by atoms with Crippen LogP contribution in [0.15, 0.2) is 5.38 Å². The van der Waals surface area contributed by atoms with Gasteiger partial charge in [0.05, 0.1) is 11.7 Å². The minimum Gasteiger partial charge on any atom is -0.308 e. The molecule has 1 atom stereocenters. The van der Waals surface area contributed by atoms with Crippen molar-refractivity contribution in [2.75, 3.05) is 6.54 Å². The van der Waals surface area contributed by atoms with E-state index in [0.717, 1.165) is 6.54 Å². The molecule has 1 rings (SSSR count). The van der Waals surface area contributed by atoms with E-state index >= 15 is 0 Å². The van der Waals surface area contributed by atoms with Crippen LogP contribution in [0.4, 0.5) is 0 Å². The van der Waals surface area contributed by atoms with Crippen LogP contribution in [0.1, 0.15) is 82.5 Å². The fraction of sp³-hybridized carbons (Fsp3) is 0.800. The molecule has 2 nitrogen and oxygen atoms in total. The lowest BCUT2D eigenvalue weighted by Gasteiger charge is -2.15. The van der Waals surface area contributed by atoms with Crippen molar-refractivity contribution in [3.05, 3.63) is 16.1 Å². The van der Waals surface area contributed by atoms with E-state index in [-0.39, 0.29) is 0 Å². The molecular formula is C15H28N2S. The Morgan fingerprint density at radius 1 is 1.22 bits per heavy atom. The van der Waals surface area contributed by atoms with E-state index in [1.807, 2.05) is 11.3 Å². The van der Waals surface area contributed by atoms with Gasteiger partial charge in [0.15, 0.2) is 0 Å². The van der Waals surface area contributed by atoms with E-state index in [0.29, 0.717) is 12.0 Å². The molecule has 0 saturated carbocycles. The number of nitrogens with zero attached hydrogens (tertiary/aromatic N) is 1. The maximum atomic E-state index is 4.78. The van der Waals surface area contributed by atoms with Crippen LogP contribution < -0.4 is 5.32 Å². The van der Waals surface area contributed by atoms with Crippen molar-refractivity contribution < 1.29 is 0 Å². The lowest BCUT2D eigenvalue weighted by molar-refractivity contribution is 0.479. The number of hydrogen-bond acceptors (Lipinski definition) is 3. The van der Waals surface area contributed by atoms with Gasteiger partial charge < -0.3 is 5.32 Å². The summed E-state index contributed by atoms with van der Waals surface area (Å²) in [6, 6.07) is 0.462. The van der Waals surface area contributed by atoms with E-state index in [1.165, 1.54) is 42.8 Å². The van der Waals surface area contributed by atoms with Crippen molar-refractivity contribution in [2.24, 2.45) is 0 Å². The second-order valence-corrected chi connectivity index (χ2v) is 6.11. The Balaban J connectivity index is 2.53. The number of nitrogens with one attached hydrogen (secondary N) is 1. The lowest BCUT2D eigenvalue weighted by atomic mass is 10.1. The largest absolute Gasteiger partial charge is 0.308 e. The van der Waals surface area contributed by atoms with Gasteiger partial charge in [0, 0.05) is 5.38 Å². The van der Waals surface area contributed by atoms with Crippen LogP contribution in [-0.2, 0) is 0 Å². The number of unbranched alkanes of at least 4 members (excludes halogenated alkanes) is 3. The molecule has 0 bridgehead atoms. The molecule has 0 spiro atoms. The van der Waals surface area contributed by atoms with E-state index in [2.05, 4.69) is 38.4 Å². The summed E-state index contributed by atoms with van der Waals surface area (Å²) in [6.45, 7) is 9.88. The van der Waals surface area contributed by atoms with Gasteiger partial charge in [-0.3, -0.25) is 0 Å². The molecule has 1 aromatic rings. The third-order valence-electron chi connectivity index (χ3n) is 3.23. The summed E-state index contributed by atoms with van der Waals surface area (Å²) < 4.78 is 0. The predicted octanol–water partition coefficient (Wildman–Crippen LogP) is 4.89. The Hall–Kier alpha value is -0.410. The molecule has 0 saturated heterocycles. The molecule has 1 N–H and O–H groups in total. The topological polar surface area (TPSA) is 24.9 Å². The standard InChI is InChI=1S/C15H28N2S/c1-5-7-8-9-10-13(16-6-2)15-17-14(11-18-15)12(3)4/h11-13,16H,5-10H2,1-4H3. The van der Waals surface area contributed by atoms with Gasteiger partial charge in [0.1, 0.15) is 5.01 Å². The highest BCUT2D eigenvalue weighted by atomic mass is 32.1. The van der Waals surface area contributed by atoms with E-state index in [4.69, 9.17) is 4.98 Å². The molecular weight excluding hydrogens is 240 g/mol. The van der Waals surface area contributed by atoms with Gasteiger partial charge in [0.25, 0.3) is 0 Å². The summed E-state index contributed by atoms with van der Waals surface area (Å²) in [5, 5.41) is 7.07. The van der Waals surface area contributed by atoms with Crippen molar-refractivity contribution >= 4 is 11.3 Å². The van der Waals surface area contributed by atoms with E-state index in [9.17, 15) is 0 Å². The molecule has 0 aliphatic rings. The summed E-state index contributed by atoms with van der Waals surface area (Å²) in [4.78, 5) is 4.78. The van der Waals surface area contributed by atoms with Crippen LogP contribution in [0, 0.1) is 0 Å². The molecule has 104 valence electrons. The van der Waals surface area contributed by atoms with Gasteiger partial charge in [-0.15, -0.1) is 11.3 Å². The normalized spacial score (nSPS) is 13.2. The summed E-state index contributed by atoms with van der Waals surface area (Å²) in [5.41, 5.74) is 1.24. The first kappa shape index (κ1) is 15.6. The van der Waals surface area contributed by atoms with Gasteiger partial charge in [-0.25, -0.2) is 4.98 Å². The monoisotopic (exact) mass is 268 g/mol. The van der Waals surface area contributed by atoms with Gasteiger partial charge in [-0.2, -0.15) is 0 Å². The Bertz CT molecular complexity index is 320. The zero-order chi connectivity index (χ0) is 13.4. The highest BCUT2D eigenvalue weighted by molar-refractivity contribution is 7.09. The van der Waals surface area contributed by atoms with Crippen molar-refractivity contribution in [3.63, 3.8) is 0 Å². The minimum absolute atomic E-state index is 0.462. The highest BCUT2D eigenvalue weighted by Crippen LogP contribution is 2.26. The van der Waals surface area contributed by atoms with Crippen LogP contribution >= 0.6 is 11.3 Å². The third-order valence-corrected chi connectivity index (χ3v) is 4.20. The van der Waals surface area contributed by atoms with E-state index < -0.39 is 0 Å². The van der Waals surface area contributed by atoms with Crippen molar-refractivity contribution in [2.45, 2.75) is 71.8 Å².